The van der Waals surface area contributed by atoms with Crippen LogP contribution in [0.15, 0.2) is 24.3 Å². The molecule has 1 nitrogen and oxygen atoms in total. The van der Waals surface area contributed by atoms with Gasteiger partial charge in [0.25, 0.3) is 0 Å². The van der Waals surface area contributed by atoms with E-state index in [1.165, 1.54) is 17.7 Å². The van der Waals surface area contributed by atoms with Crippen LogP contribution >= 0.6 is 0 Å². The van der Waals surface area contributed by atoms with E-state index in [1.54, 1.807) is 0 Å². The first-order chi connectivity index (χ1) is 7.38. The van der Waals surface area contributed by atoms with Crippen molar-refractivity contribution in [3.05, 3.63) is 29.8 Å². The highest BCUT2D eigenvalue weighted by atomic mass is 14.9. The van der Waals surface area contributed by atoms with Crippen LogP contribution in [0, 0.1) is 12.3 Å². The van der Waals surface area contributed by atoms with Crippen LogP contribution in [0.4, 0.5) is 5.69 Å². The van der Waals surface area contributed by atoms with Crippen molar-refractivity contribution in [3.8, 4) is 12.3 Å². The summed E-state index contributed by atoms with van der Waals surface area (Å²) in [6.45, 7) is 3.17. The Hall–Kier alpha value is -1.42. The number of rotatable bonds is 6. The molecule has 80 valence electrons. The summed E-state index contributed by atoms with van der Waals surface area (Å²) in [6, 6.07) is 8.49. The zero-order valence-electron chi connectivity index (χ0n) is 9.42. The molecule has 0 atom stereocenters. The Morgan fingerprint density at radius 1 is 1.33 bits per heavy atom. The van der Waals surface area contributed by atoms with E-state index >= 15 is 0 Å². The minimum atomic E-state index is 0.850. The second kappa shape index (κ2) is 6.95. The highest BCUT2D eigenvalue weighted by molar-refractivity contribution is 5.51. The van der Waals surface area contributed by atoms with E-state index in [-0.39, 0.29) is 0 Å². The highest BCUT2D eigenvalue weighted by Crippen LogP contribution is 2.16. The van der Waals surface area contributed by atoms with Gasteiger partial charge in [0.15, 0.2) is 0 Å². The highest BCUT2D eigenvalue weighted by Gasteiger charge is 1.98. The summed E-state index contributed by atoms with van der Waals surface area (Å²) < 4.78 is 0. The average Bonchev–Trinajstić information content (AvgIpc) is 2.27. The molecule has 0 radical (unpaired) electrons. The van der Waals surface area contributed by atoms with Crippen LogP contribution in [-0.2, 0) is 6.42 Å². The Kier molecular flexibility index (Phi) is 5.40. The molecule has 0 bridgehead atoms. The number of hydrogen-bond acceptors (Lipinski definition) is 1. The Morgan fingerprint density at radius 3 is 2.87 bits per heavy atom. The lowest BCUT2D eigenvalue weighted by molar-refractivity contribution is 0.891. The van der Waals surface area contributed by atoms with Gasteiger partial charge >= 0.3 is 0 Å². The monoisotopic (exact) mass is 201 g/mol. The first kappa shape index (κ1) is 11.7. The smallest absolute Gasteiger partial charge is 0.0372 e. The van der Waals surface area contributed by atoms with Crippen molar-refractivity contribution < 1.29 is 0 Å². The Morgan fingerprint density at radius 2 is 2.13 bits per heavy atom. The molecule has 1 heteroatoms. The van der Waals surface area contributed by atoms with Crippen LogP contribution in [0.25, 0.3) is 0 Å². The number of aryl methyl sites for hydroxylation is 1. The van der Waals surface area contributed by atoms with Crippen molar-refractivity contribution in [3.63, 3.8) is 0 Å². The Bertz CT molecular complexity index is 322. The molecule has 0 aromatic heterocycles. The molecular weight excluding hydrogens is 182 g/mol. The molecule has 1 rings (SSSR count). The number of para-hydroxylation sites is 1. The van der Waals surface area contributed by atoms with Gasteiger partial charge in [-0.05, 0) is 24.5 Å². The fourth-order valence-corrected chi connectivity index (χ4v) is 1.59. The van der Waals surface area contributed by atoms with Gasteiger partial charge in [0.2, 0.25) is 0 Å². The molecule has 0 aliphatic carbocycles. The van der Waals surface area contributed by atoms with Crippen LogP contribution in [0.3, 0.4) is 0 Å². The van der Waals surface area contributed by atoms with Crippen molar-refractivity contribution in [2.75, 3.05) is 11.9 Å². The van der Waals surface area contributed by atoms with E-state index in [0.717, 1.165) is 25.8 Å². The van der Waals surface area contributed by atoms with E-state index in [2.05, 4.69) is 42.4 Å². The first-order valence-corrected chi connectivity index (χ1v) is 5.63. The van der Waals surface area contributed by atoms with Gasteiger partial charge in [-0.2, -0.15) is 0 Å². The van der Waals surface area contributed by atoms with Crippen LogP contribution in [0.2, 0.25) is 0 Å². The van der Waals surface area contributed by atoms with E-state index in [1.807, 2.05) is 0 Å². The molecule has 0 saturated heterocycles. The third-order valence-corrected chi connectivity index (χ3v) is 2.35. The van der Waals surface area contributed by atoms with Crippen molar-refractivity contribution in [2.24, 2.45) is 0 Å². The number of unbranched alkanes of at least 4 members (excludes halogenated alkanes) is 1. The van der Waals surface area contributed by atoms with Gasteiger partial charge in [0.05, 0.1) is 0 Å². The van der Waals surface area contributed by atoms with Crippen molar-refractivity contribution in [2.45, 2.75) is 32.6 Å². The predicted octanol–water partition coefficient (Wildman–Crippen LogP) is 3.46. The second-order valence-electron chi connectivity index (χ2n) is 3.64. The van der Waals surface area contributed by atoms with Crippen molar-refractivity contribution in [1.82, 2.24) is 0 Å². The summed E-state index contributed by atoms with van der Waals surface area (Å²) in [4.78, 5) is 0. The quantitative estimate of drug-likeness (QED) is 0.549. The molecule has 0 fully saturated rings. The first-order valence-electron chi connectivity index (χ1n) is 5.63. The average molecular weight is 201 g/mol. The molecule has 15 heavy (non-hydrogen) atoms. The van der Waals surface area contributed by atoms with Gasteiger partial charge in [0.1, 0.15) is 0 Å². The van der Waals surface area contributed by atoms with Gasteiger partial charge < -0.3 is 5.32 Å². The maximum absolute atomic E-state index is 5.21. The number of terminal acetylenes is 1. The molecular formula is C14H19N. The summed E-state index contributed by atoms with van der Waals surface area (Å²) in [7, 11) is 0. The minimum Gasteiger partial charge on any atom is -0.385 e. The summed E-state index contributed by atoms with van der Waals surface area (Å²) in [6.07, 6.45) is 9.42. The third-order valence-electron chi connectivity index (χ3n) is 2.35. The van der Waals surface area contributed by atoms with Gasteiger partial charge in [-0.15, -0.1) is 12.3 Å². The molecule has 0 unspecified atom stereocenters. The minimum absolute atomic E-state index is 0.850. The molecule has 1 N–H and O–H groups in total. The number of benzene rings is 1. The predicted molar refractivity (Wildman–Crippen MR) is 67.0 cm³/mol. The largest absolute Gasteiger partial charge is 0.385 e. The molecule has 1 aromatic rings. The van der Waals surface area contributed by atoms with Gasteiger partial charge in [-0.25, -0.2) is 0 Å². The molecule has 0 aliphatic rings. The summed E-state index contributed by atoms with van der Waals surface area (Å²) in [5.41, 5.74) is 2.66. The Balaban J connectivity index is 2.48. The van der Waals surface area contributed by atoms with Gasteiger partial charge in [-0.1, -0.05) is 31.5 Å². The maximum Gasteiger partial charge on any atom is 0.0372 e. The third kappa shape index (κ3) is 4.08. The number of anilines is 1. The van der Waals surface area contributed by atoms with Crippen molar-refractivity contribution in [1.29, 1.82) is 0 Å². The summed E-state index contributed by atoms with van der Waals surface area (Å²) >= 11 is 0. The topological polar surface area (TPSA) is 12.0 Å². The lowest BCUT2D eigenvalue weighted by Crippen LogP contribution is -2.03. The van der Waals surface area contributed by atoms with Gasteiger partial charge in [0, 0.05) is 18.7 Å². The van der Waals surface area contributed by atoms with E-state index in [4.69, 9.17) is 6.42 Å². The lowest BCUT2D eigenvalue weighted by Gasteiger charge is -2.10. The van der Waals surface area contributed by atoms with Crippen molar-refractivity contribution >= 4 is 5.69 Å². The van der Waals surface area contributed by atoms with E-state index in [0.29, 0.717) is 0 Å². The number of nitrogens with one attached hydrogen (secondary N) is 1. The van der Waals surface area contributed by atoms with E-state index in [9.17, 15) is 0 Å². The van der Waals surface area contributed by atoms with Crippen LogP contribution in [0.5, 0.6) is 0 Å². The van der Waals surface area contributed by atoms with Crippen LogP contribution < -0.4 is 5.32 Å². The molecule has 0 spiro atoms. The van der Waals surface area contributed by atoms with Crippen LogP contribution in [0.1, 0.15) is 31.7 Å². The van der Waals surface area contributed by atoms with Crippen LogP contribution in [-0.4, -0.2) is 6.54 Å². The lowest BCUT2D eigenvalue weighted by atomic mass is 10.1. The maximum atomic E-state index is 5.21. The standard InChI is InChI=1S/C14H19N/c1-3-5-8-12-15-14-11-7-6-10-13(14)9-4-2/h1,6-7,10-11,15H,4-5,8-9,12H2,2H3. The SMILES string of the molecule is C#CCCCNc1ccccc1CCC. The zero-order valence-corrected chi connectivity index (χ0v) is 9.42. The fourth-order valence-electron chi connectivity index (χ4n) is 1.59. The number of hydrogen-bond donors (Lipinski definition) is 1. The summed E-state index contributed by atoms with van der Waals surface area (Å²) in [5.74, 6) is 2.65. The Labute approximate surface area is 92.9 Å². The molecule has 0 saturated carbocycles. The molecule has 1 aromatic carbocycles. The molecule has 0 aliphatic heterocycles. The normalized spacial score (nSPS) is 9.60. The fraction of sp³-hybridized carbons (Fsp3) is 0.429. The second-order valence-corrected chi connectivity index (χ2v) is 3.64. The summed E-state index contributed by atoms with van der Waals surface area (Å²) in [5, 5.41) is 3.44. The zero-order chi connectivity index (χ0) is 10.9. The van der Waals surface area contributed by atoms with E-state index < -0.39 is 0 Å². The van der Waals surface area contributed by atoms with Gasteiger partial charge in [-0.3, -0.25) is 0 Å². The molecule has 0 amide bonds. The molecule has 0 heterocycles.